The van der Waals surface area contributed by atoms with Crippen molar-refractivity contribution in [2.45, 2.75) is 32.7 Å². The fourth-order valence-corrected chi connectivity index (χ4v) is 2.43. The van der Waals surface area contributed by atoms with E-state index in [0.29, 0.717) is 10.9 Å². The number of aromatic carboxylic acids is 1. The van der Waals surface area contributed by atoms with Gasteiger partial charge in [0.25, 0.3) is 5.56 Å². The van der Waals surface area contributed by atoms with Gasteiger partial charge in [-0.2, -0.15) is 5.26 Å². The Labute approximate surface area is 122 Å². The lowest BCUT2D eigenvalue weighted by molar-refractivity contribution is 0.0697. The summed E-state index contributed by atoms with van der Waals surface area (Å²) in [5.74, 6) is -0.905. The summed E-state index contributed by atoms with van der Waals surface area (Å²) >= 11 is 0. The molecular weight excluding hydrogens is 268 g/mol. The molecule has 0 fully saturated rings. The number of carboxylic acid groups (broad SMARTS) is 1. The van der Waals surface area contributed by atoms with Crippen LogP contribution in [0.25, 0.3) is 10.9 Å². The molecule has 0 saturated heterocycles. The highest BCUT2D eigenvalue weighted by molar-refractivity contribution is 5.95. The summed E-state index contributed by atoms with van der Waals surface area (Å²) in [6, 6.07) is 8.11. The summed E-state index contributed by atoms with van der Waals surface area (Å²) in [5.41, 5.74) is 1.39. The van der Waals surface area contributed by atoms with E-state index in [1.807, 2.05) is 19.9 Å². The Morgan fingerprint density at radius 2 is 2.14 bits per heavy atom. The van der Waals surface area contributed by atoms with Crippen LogP contribution >= 0.6 is 0 Å². The lowest BCUT2D eigenvalue weighted by Gasteiger charge is -2.17. The van der Waals surface area contributed by atoms with Crippen LogP contribution < -0.4 is 5.56 Å². The SMILES string of the molecule is CCC(C)c1cc(C(=O)O)cc2ccc(=O)n(CC#N)c12. The first kappa shape index (κ1) is 14.8. The van der Waals surface area contributed by atoms with Gasteiger partial charge in [0.15, 0.2) is 0 Å². The Kier molecular flexibility index (Phi) is 4.08. The van der Waals surface area contributed by atoms with Crippen LogP contribution in [0.1, 0.15) is 42.1 Å². The molecule has 1 aromatic heterocycles. The molecule has 2 rings (SSSR count). The average Bonchev–Trinajstić information content (AvgIpc) is 2.48. The maximum atomic E-state index is 12.0. The Bertz CT molecular complexity index is 799. The van der Waals surface area contributed by atoms with E-state index in [1.165, 1.54) is 16.7 Å². The lowest BCUT2D eigenvalue weighted by atomic mass is 9.93. The zero-order chi connectivity index (χ0) is 15.6. The first-order valence-corrected chi connectivity index (χ1v) is 6.77. The number of rotatable bonds is 4. The van der Waals surface area contributed by atoms with E-state index in [4.69, 9.17) is 5.26 Å². The molecule has 21 heavy (non-hydrogen) atoms. The van der Waals surface area contributed by atoms with Crippen LogP contribution in [0.2, 0.25) is 0 Å². The minimum absolute atomic E-state index is 0.0496. The van der Waals surface area contributed by atoms with E-state index in [1.54, 1.807) is 12.1 Å². The smallest absolute Gasteiger partial charge is 0.335 e. The number of hydrogen-bond donors (Lipinski definition) is 1. The van der Waals surface area contributed by atoms with Crippen molar-refractivity contribution in [3.63, 3.8) is 0 Å². The van der Waals surface area contributed by atoms with Crippen molar-refractivity contribution in [1.29, 1.82) is 5.26 Å². The first-order valence-electron chi connectivity index (χ1n) is 6.77. The summed E-state index contributed by atoms with van der Waals surface area (Å²) in [6.07, 6.45) is 0.813. The summed E-state index contributed by atoms with van der Waals surface area (Å²) in [4.78, 5) is 23.3. The molecule has 0 radical (unpaired) electrons. The number of pyridine rings is 1. The monoisotopic (exact) mass is 284 g/mol. The molecule has 1 aromatic carbocycles. The number of carboxylic acids is 1. The van der Waals surface area contributed by atoms with Crippen LogP contribution in [-0.2, 0) is 6.54 Å². The highest BCUT2D eigenvalue weighted by atomic mass is 16.4. The molecule has 1 atom stereocenters. The van der Waals surface area contributed by atoms with Gasteiger partial charge >= 0.3 is 5.97 Å². The average molecular weight is 284 g/mol. The van der Waals surface area contributed by atoms with Gasteiger partial charge < -0.3 is 5.11 Å². The van der Waals surface area contributed by atoms with Crippen LogP contribution in [-0.4, -0.2) is 15.6 Å². The molecule has 2 aromatic rings. The van der Waals surface area contributed by atoms with Gasteiger partial charge in [-0.15, -0.1) is 0 Å². The van der Waals surface area contributed by atoms with Crippen LogP contribution in [0.4, 0.5) is 0 Å². The van der Waals surface area contributed by atoms with Gasteiger partial charge in [-0.1, -0.05) is 13.8 Å². The van der Waals surface area contributed by atoms with Gasteiger partial charge in [-0.25, -0.2) is 4.79 Å². The molecule has 5 heteroatoms. The molecular formula is C16H16N2O3. The second kappa shape index (κ2) is 5.80. The fourth-order valence-electron chi connectivity index (χ4n) is 2.43. The second-order valence-electron chi connectivity index (χ2n) is 5.03. The van der Waals surface area contributed by atoms with Crippen molar-refractivity contribution >= 4 is 16.9 Å². The molecule has 1 N–H and O–H groups in total. The van der Waals surface area contributed by atoms with Crippen LogP contribution in [0.15, 0.2) is 29.1 Å². The van der Waals surface area contributed by atoms with Crippen molar-refractivity contribution in [1.82, 2.24) is 4.57 Å². The van der Waals surface area contributed by atoms with E-state index in [-0.39, 0.29) is 23.6 Å². The maximum Gasteiger partial charge on any atom is 0.335 e. The summed E-state index contributed by atoms with van der Waals surface area (Å²) < 4.78 is 1.41. The highest BCUT2D eigenvalue weighted by Crippen LogP contribution is 2.28. The molecule has 0 amide bonds. The largest absolute Gasteiger partial charge is 0.478 e. The van der Waals surface area contributed by atoms with E-state index in [2.05, 4.69) is 0 Å². The summed E-state index contributed by atoms with van der Waals surface area (Å²) in [6.45, 7) is 3.93. The predicted molar refractivity (Wildman–Crippen MR) is 79.5 cm³/mol. The van der Waals surface area contributed by atoms with Gasteiger partial charge in [-0.05, 0) is 41.5 Å². The molecule has 0 bridgehead atoms. The van der Waals surface area contributed by atoms with Crippen molar-refractivity contribution < 1.29 is 9.90 Å². The number of aromatic nitrogens is 1. The van der Waals surface area contributed by atoms with Crippen molar-refractivity contribution in [2.24, 2.45) is 0 Å². The van der Waals surface area contributed by atoms with Crippen molar-refractivity contribution in [3.8, 4) is 6.07 Å². The Hall–Kier alpha value is -2.61. The third-order valence-corrected chi connectivity index (χ3v) is 3.73. The summed E-state index contributed by atoms with van der Waals surface area (Å²) in [7, 11) is 0. The number of benzene rings is 1. The van der Waals surface area contributed by atoms with Gasteiger partial charge in [0.1, 0.15) is 6.54 Å². The molecule has 1 unspecified atom stereocenters. The number of nitrogens with zero attached hydrogens (tertiary/aromatic N) is 2. The van der Waals surface area contributed by atoms with Crippen molar-refractivity contribution in [3.05, 3.63) is 45.7 Å². The zero-order valence-corrected chi connectivity index (χ0v) is 12.0. The normalized spacial score (nSPS) is 12.0. The molecule has 5 nitrogen and oxygen atoms in total. The number of nitriles is 1. The molecule has 1 heterocycles. The molecule has 0 aliphatic rings. The molecule has 0 aliphatic carbocycles. The highest BCUT2D eigenvalue weighted by Gasteiger charge is 2.16. The van der Waals surface area contributed by atoms with Gasteiger partial charge in [-0.3, -0.25) is 9.36 Å². The number of carbonyl (C=O) groups is 1. The zero-order valence-electron chi connectivity index (χ0n) is 12.0. The van der Waals surface area contributed by atoms with E-state index in [9.17, 15) is 14.7 Å². The molecule has 0 spiro atoms. The third-order valence-electron chi connectivity index (χ3n) is 3.73. The van der Waals surface area contributed by atoms with Gasteiger partial charge in [0.05, 0.1) is 17.1 Å². The predicted octanol–water partition coefficient (Wildman–Crippen LogP) is 2.74. The Balaban J connectivity index is 2.92. The maximum absolute atomic E-state index is 12.0. The van der Waals surface area contributed by atoms with E-state index in [0.717, 1.165) is 12.0 Å². The molecule has 0 aliphatic heterocycles. The lowest BCUT2D eigenvalue weighted by Crippen LogP contribution is -2.20. The van der Waals surface area contributed by atoms with E-state index < -0.39 is 5.97 Å². The quantitative estimate of drug-likeness (QED) is 0.935. The topological polar surface area (TPSA) is 83.1 Å². The van der Waals surface area contributed by atoms with Gasteiger partial charge in [0.2, 0.25) is 0 Å². The first-order chi connectivity index (χ1) is 9.99. The fraction of sp³-hybridized carbons (Fsp3) is 0.312. The minimum Gasteiger partial charge on any atom is -0.478 e. The second-order valence-corrected chi connectivity index (χ2v) is 5.03. The van der Waals surface area contributed by atoms with Gasteiger partial charge in [0, 0.05) is 6.07 Å². The molecule has 108 valence electrons. The molecule has 0 saturated carbocycles. The van der Waals surface area contributed by atoms with Crippen LogP contribution in [0.3, 0.4) is 0 Å². The summed E-state index contributed by atoms with van der Waals surface area (Å²) in [5, 5.41) is 18.8. The Morgan fingerprint density at radius 1 is 1.43 bits per heavy atom. The number of hydrogen-bond acceptors (Lipinski definition) is 3. The van der Waals surface area contributed by atoms with Crippen molar-refractivity contribution in [2.75, 3.05) is 0 Å². The standard InChI is InChI=1S/C16H16N2O3/c1-3-10(2)13-9-12(16(20)21)8-11-4-5-14(19)18(7-6-17)15(11)13/h4-5,8-10H,3,7H2,1-2H3,(H,20,21). The number of fused-ring (bicyclic) bond motifs is 1. The van der Waals surface area contributed by atoms with E-state index >= 15 is 0 Å². The van der Waals surface area contributed by atoms with Crippen LogP contribution in [0.5, 0.6) is 0 Å². The Morgan fingerprint density at radius 3 is 2.71 bits per heavy atom. The minimum atomic E-state index is -1.00. The third kappa shape index (κ3) is 2.65. The van der Waals surface area contributed by atoms with Crippen LogP contribution in [0, 0.1) is 11.3 Å².